The first-order chi connectivity index (χ1) is 21.0. The third-order valence-corrected chi connectivity index (χ3v) is 7.87. The second-order valence-corrected chi connectivity index (χ2v) is 12.2. The van der Waals surface area contributed by atoms with Crippen molar-refractivity contribution in [2.24, 2.45) is 39.9 Å². The van der Waals surface area contributed by atoms with Gasteiger partial charge in [-0.15, -0.1) is 0 Å². The van der Waals surface area contributed by atoms with Crippen molar-refractivity contribution in [3.05, 3.63) is 0 Å². The van der Waals surface area contributed by atoms with Crippen molar-refractivity contribution >= 4 is 41.5 Å². The van der Waals surface area contributed by atoms with Crippen LogP contribution in [0.1, 0.15) is 73.6 Å². The van der Waals surface area contributed by atoms with Crippen LogP contribution in [0, 0.1) is 17.8 Å². The maximum atomic E-state index is 13.7. The van der Waals surface area contributed by atoms with Crippen molar-refractivity contribution < 1.29 is 33.9 Å². The Kier molecular flexibility index (Phi) is 16.3. The second kappa shape index (κ2) is 18.8. The van der Waals surface area contributed by atoms with Gasteiger partial charge in [-0.3, -0.25) is 33.8 Å². The predicted octanol–water partition coefficient (Wildman–Crippen LogP) is -1.63. The van der Waals surface area contributed by atoms with Gasteiger partial charge in [0.1, 0.15) is 30.7 Å². The molecule has 256 valence electrons. The maximum Gasteiger partial charge on any atom is 0.322 e. The monoisotopic (exact) mass is 639 g/mol. The molecule has 0 bridgehead atoms. The number of guanidine groups is 1. The number of aliphatic imine (C=N–C) groups is 1. The lowest BCUT2D eigenvalue weighted by atomic mass is 9.96. The van der Waals surface area contributed by atoms with Crippen LogP contribution in [0.5, 0.6) is 0 Å². The molecule has 0 aromatic rings. The minimum Gasteiger partial charge on any atom is -0.480 e. The van der Waals surface area contributed by atoms with Crippen LogP contribution in [-0.2, 0) is 28.8 Å². The lowest BCUT2D eigenvalue weighted by Gasteiger charge is -2.31. The van der Waals surface area contributed by atoms with Gasteiger partial charge in [0.2, 0.25) is 29.5 Å². The molecular weight excluding hydrogens is 586 g/mol. The molecule has 16 nitrogen and oxygen atoms in total. The van der Waals surface area contributed by atoms with Crippen LogP contribution in [-0.4, -0.2) is 101 Å². The number of carbonyl (C=O) groups is 6. The Morgan fingerprint density at radius 1 is 0.911 bits per heavy atom. The molecule has 1 saturated heterocycles. The molecule has 0 radical (unpaired) electrons. The van der Waals surface area contributed by atoms with Crippen molar-refractivity contribution in [3.63, 3.8) is 0 Å². The Balaban J connectivity index is 3.19. The highest BCUT2D eigenvalue weighted by atomic mass is 16.4. The fourth-order valence-corrected chi connectivity index (χ4v) is 4.83. The molecule has 1 aliphatic heterocycles. The summed E-state index contributed by atoms with van der Waals surface area (Å²) in [7, 11) is 0. The normalized spacial score (nSPS) is 17.9. The molecule has 5 amide bonds. The summed E-state index contributed by atoms with van der Waals surface area (Å²) in [5, 5.41) is 19.3. The Labute approximate surface area is 265 Å². The quantitative estimate of drug-likeness (QED) is 0.0482. The van der Waals surface area contributed by atoms with Crippen molar-refractivity contribution in [2.45, 2.75) is 104 Å². The highest BCUT2D eigenvalue weighted by molar-refractivity contribution is 5.96. The van der Waals surface area contributed by atoms with Crippen molar-refractivity contribution in [1.82, 2.24) is 26.2 Å². The van der Waals surface area contributed by atoms with Gasteiger partial charge in [-0.2, -0.15) is 0 Å². The molecule has 16 heteroatoms. The van der Waals surface area contributed by atoms with Crippen LogP contribution in [0.15, 0.2) is 4.99 Å². The number of hydrogen-bond acceptors (Lipinski definition) is 8. The SMILES string of the molecule is CC[C@H](C)[C@H](NC(=O)[C@H](CCCN=C(N)N)NC(=O)[C@@H]1CCCN1C(=O)[C@@H](N)C(C)C)C(=O)N[C@H](C(=O)NCC(=O)O)C(C)C. The van der Waals surface area contributed by atoms with Crippen LogP contribution in [0.4, 0.5) is 0 Å². The second-order valence-electron chi connectivity index (χ2n) is 12.2. The van der Waals surface area contributed by atoms with Gasteiger partial charge in [0.25, 0.3) is 0 Å². The number of hydrogen-bond donors (Lipinski definition) is 8. The number of nitrogens with zero attached hydrogens (tertiary/aromatic N) is 2. The van der Waals surface area contributed by atoms with Gasteiger partial charge in [0, 0.05) is 13.1 Å². The zero-order chi connectivity index (χ0) is 34.4. The molecule has 6 atom stereocenters. The van der Waals surface area contributed by atoms with E-state index in [2.05, 4.69) is 26.3 Å². The predicted molar refractivity (Wildman–Crippen MR) is 168 cm³/mol. The molecule has 45 heavy (non-hydrogen) atoms. The number of carboxylic acid groups (broad SMARTS) is 1. The summed E-state index contributed by atoms with van der Waals surface area (Å²) in [6.07, 6.45) is 1.95. The molecule has 0 spiro atoms. The summed E-state index contributed by atoms with van der Waals surface area (Å²) < 4.78 is 0. The zero-order valence-corrected chi connectivity index (χ0v) is 27.3. The van der Waals surface area contributed by atoms with E-state index < -0.39 is 66.4 Å². The van der Waals surface area contributed by atoms with Crippen LogP contribution >= 0.6 is 0 Å². The molecule has 11 N–H and O–H groups in total. The molecule has 1 aliphatic rings. The first-order valence-electron chi connectivity index (χ1n) is 15.5. The molecule has 1 heterocycles. The molecule has 0 aromatic carbocycles. The number of amides is 5. The topological polar surface area (TPSA) is 264 Å². The first-order valence-corrected chi connectivity index (χ1v) is 15.5. The molecule has 0 saturated carbocycles. The molecule has 1 fully saturated rings. The summed E-state index contributed by atoms with van der Waals surface area (Å²) in [6.45, 7) is 10.6. The minimum atomic E-state index is -1.23. The third kappa shape index (κ3) is 12.5. The molecular formula is C29H53N9O7. The average Bonchev–Trinajstić information content (AvgIpc) is 3.47. The van der Waals surface area contributed by atoms with Gasteiger partial charge in [0.15, 0.2) is 5.96 Å². The van der Waals surface area contributed by atoms with E-state index in [0.717, 1.165) is 0 Å². The van der Waals surface area contributed by atoms with E-state index in [1.807, 2.05) is 20.8 Å². The summed E-state index contributed by atoms with van der Waals surface area (Å²) in [5.74, 6) is -5.05. The number of rotatable bonds is 18. The molecule has 0 aromatic heterocycles. The summed E-state index contributed by atoms with van der Waals surface area (Å²) in [4.78, 5) is 82.5. The largest absolute Gasteiger partial charge is 0.480 e. The van der Waals surface area contributed by atoms with Crippen LogP contribution in [0.25, 0.3) is 0 Å². The third-order valence-electron chi connectivity index (χ3n) is 7.87. The van der Waals surface area contributed by atoms with Crippen molar-refractivity contribution in [3.8, 4) is 0 Å². The van der Waals surface area contributed by atoms with E-state index in [4.69, 9.17) is 22.3 Å². The van der Waals surface area contributed by atoms with E-state index in [9.17, 15) is 28.8 Å². The maximum absolute atomic E-state index is 13.7. The lowest BCUT2D eigenvalue weighted by molar-refractivity contribution is -0.141. The highest BCUT2D eigenvalue weighted by Gasteiger charge is 2.39. The Morgan fingerprint density at radius 3 is 2.07 bits per heavy atom. The van der Waals surface area contributed by atoms with Gasteiger partial charge in [-0.1, -0.05) is 48.0 Å². The standard InChI is InChI=1S/C29H53N9O7/c1-7-17(6)23(27(44)36-22(16(4)5)26(43)34-14-20(39)40)37-24(41)18(10-8-12-33-29(31)32)35-25(42)19-11-9-13-38(19)28(45)21(30)15(2)3/h15-19,21-23H,7-14,30H2,1-6H3,(H,34,43)(H,35,42)(H,36,44)(H,37,41)(H,39,40)(H4,31,32,33)/t17-,18-,19-,21-,22-,23-/m0/s1. The van der Waals surface area contributed by atoms with Gasteiger partial charge >= 0.3 is 5.97 Å². The fourth-order valence-electron chi connectivity index (χ4n) is 4.83. The van der Waals surface area contributed by atoms with Gasteiger partial charge < -0.3 is 48.5 Å². The molecule has 1 rings (SSSR count). The number of carbonyl (C=O) groups excluding carboxylic acids is 5. The van der Waals surface area contributed by atoms with E-state index in [-0.39, 0.29) is 42.6 Å². The van der Waals surface area contributed by atoms with Crippen molar-refractivity contribution in [1.29, 1.82) is 0 Å². The number of likely N-dealkylation sites (tertiary alicyclic amines) is 1. The first kappa shape index (κ1) is 39.1. The average molecular weight is 640 g/mol. The van der Waals surface area contributed by atoms with E-state index in [1.54, 1.807) is 20.8 Å². The Hall–Kier alpha value is -3.95. The van der Waals surface area contributed by atoms with E-state index in [0.29, 0.717) is 32.2 Å². The van der Waals surface area contributed by atoms with Crippen molar-refractivity contribution in [2.75, 3.05) is 19.6 Å². The number of nitrogens with two attached hydrogens (primary N) is 3. The smallest absolute Gasteiger partial charge is 0.322 e. The zero-order valence-electron chi connectivity index (χ0n) is 27.3. The number of aliphatic carboxylic acids is 1. The summed E-state index contributed by atoms with van der Waals surface area (Å²) in [5.41, 5.74) is 16.9. The number of carboxylic acids is 1. The fraction of sp³-hybridized carbons (Fsp3) is 0.759. The minimum absolute atomic E-state index is 0.123. The molecule has 0 unspecified atom stereocenters. The van der Waals surface area contributed by atoms with Crippen LogP contribution in [0.2, 0.25) is 0 Å². The summed E-state index contributed by atoms with van der Waals surface area (Å²) >= 11 is 0. The van der Waals surface area contributed by atoms with Gasteiger partial charge in [-0.25, -0.2) is 0 Å². The van der Waals surface area contributed by atoms with Gasteiger partial charge in [-0.05, 0) is 43.4 Å². The lowest BCUT2D eigenvalue weighted by Crippen LogP contribution is -2.60. The van der Waals surface area contributed by atoms with Gasteiger partial charge in [0.05, 0.1) is 6.04 Å². The van der Waals surface area contributed by atoms with E-state index in [1.165, 1.54) is 4.90 Å². The Morgan fingerprint density at radius 2 is 1.53 bits per heavy atom. The summed E-state index contributed by atoms with van der Waals surface area (Å²) in [6, 6.07) is -4.81. The van der Waals surface area contributed by atoms with E-state index >= 15 is 0 Å². The highest BCUT2D eigenvalue weighted by Crippen LogP contribution is 2.20. The number of nitrogens with one attached hydrogen (secondary N) is 4. The van der Waals surface area contributed by atoms with Crippen LogP contribution in [0.3, 0.4) is 0 Å². The Bertz CT molecular complexity index is 1080. The molecule has 0 aliphatic carbocycles. The van der Waals surface area contributed by atoms with Crippen LogP contribution < -0.4 is 38.5 Å².